The lowest BCUT2D eigenvalue weighted by molar-refractivity contribution is 0.188. The number of aryl methyl sites for hydroxylation is 2. The largest absolute Gasteiger partial charge is 0.487 e. The number of nitrogens with zero attached hydrogens (tertiary/aromatic N) is 2. The van der Waals surface area contributed by atoms with Crippen LogP contribution in [0.4, 0.5) is 4.39 Å². The third kappa shape index (κ3) is 3.17. The Bertz CT molecular complexity index is 594. The first kappa shape index (κ1) is 14.5. The summed E-state index contributed by atoms with van der Waals surface area (Å²) in [6.07, 6.45) is -0.779. The molecule has 5 heteroatoms. The number of benzene rings is 1. The highest BCUT2D eigenvalue weighted by Crippen LogP contribution is 2.26. The van der Waals surface area contributed by atoms with Gasteiger partial charge < -0.3 is 9.84 Å². The highest BCUT2D eigenvalue weighted by Gasteiger charge is 2.12. The Kier molecular flexibility index (Phi) is 4.39. The highest BCUT2D eigenvalue weighted by atomic mass is 19.1. The number of halogens is 1. The van der Waals surface area contributed by atoms with Gasteiger partial charge in [-0.3, -0.25) is 4.68 Å². The summed E-state index contributed by atoms with van der Waals surface area (Å²) in [5, 5.41) is 14.0. The van der Waals surface area contributed by atoms with E-state index in [1.807, 2.05) is 24.6 Å². The summed E-state index contributed by atoms with van der Waals surface area (Å²) in [7, 11) is 0. The maximum Gasteiger partial charge on any atom is 0.130 e. The molecule has 108 valence electrons. The van der Waals surface area contributed by atoms with E-state index in [1.165, 1.54) is 18.2 Å². The minimum atomic E-state index is -0.779. The van der Waals surface area contributed by atoms with E-state index >= 15 is 0 Å². The van der Waals surface area contributed by atoms with Gasteiger partial charge in [-0.15, -0.1) is 0 Å². The first-order valence-electron chi connectivity index (χ1n) is 6.65. The summed E-state index contributed by atoms with van der Waals surface area (Å²) < 4.78 is 20.8. The fourth-order valence-corrected chi connectivity index (χ4v) is 2.12. The van der Waals surface area contributed by atoms with Crippen molar-refractivity contribution >= 4 is 0 Å². The molecule has 4 nitrogen and oxygen atoms in total. The lowest BCUT2D eigenvalue weighted by atomic mass is 10.1. The van der Waals surface area contributed by atoms with Crippen LogP contribution < -0.4 is 4.74 Å². The van der Waals surface area contributed by atoms with Crippen molar-refractivity contribution in [2.75, 3.05) is 0 Å². The number of hydrogen-bond acceptors (Lipinski definition) is 3. The molecular formula is C15H19FN2O2. The van der Waals surface area contributed by atoms with Gasteiger partial charge in [0.15, 0.2) is 0 Å². The van der Waals surface area contributed by atoms with Gasteiger partial charge in [-0.25, -0.2) is 4.39 Å². The van der Waals surface area contributed by atoms with Crippen molar-refractivity contribution in [3.8, 4) is 5.75 Å². The Balaban J connectivity index is 2.18. The molecule has 0 aliphatic rings. The Morgan fingerprint density at radius 1 is 1.40 bits per heavy atom. The van der Waals surface area contributed by atoms with E-state index in [9.17, 15) is 9.50 Å². The van der Waals surface area contributed by atoms with Gasteiger partial charge in [0, 0.05) is 12.1 Å². The molecule has 0 radical (unpaired) electrons. The van der Waals surface area contributed by atoms with Crippen molar-refractivity contribution < 1.29 is 14.2 Å². The number of aliphatic hydroxyl groups excluding tert-OH is 1. The fourth-order valence-electron chi connectivity index (χ4n) is 2.12. The van der Waals surface area contributed by atoms with Crippen LogP contribution in [0, 0.1) is 12.7 Å². The summed E-state index contributed by atoms with van der Waals surface area (Å²) in [4.78, 5) is 0. The van der Waals surface area contributed by atoms with E-state index < -0.39 is 6.10 Å². The molecule has 0 bridgehead atoms. The van der Waals surface area contributed by atoms with Gasteiger partial charge in [-0.1, -0.05) is 0 Å². The summed E-state index contributed by atoms with van der Waals surface area (Å²) in [5.41, 5.74) is 2.33. The van der Waals surface area contributed by atoms with Gasteiger partial charge in [-0.05, 0) is 45.0 Å². The molecule has 2 aromatic rings. The van der Waals surface area contributed by atoms with E-state index in [2.05, 4.69) is 5.10 Å². The van der Waals surface area contributed by atoms with Crippen molar-refractivity contribution in [3.63, 3.8) is 0 Å². The second-order valence-corrected chi connectivity index (χ2v) is 4.74. The Morgan fingerprint density at radius 2 is 2.15 bits per heavy atom. The molecule has 0 aliphatic heterocycles. The average molecular weight is 278 g/mol. The fraction of sp³-hybridized carbons (Fsp3) is 0.400. The minimum absolute atomic E-state index is 0.333. The molecule has 1 heterocycles. The molecule has 0 aliphatic carbocycles. The molecule has 20 heavy (non-hydrogen) atoms. The molecule has 0 fully saturated rings. The maximum atomic E-state index is 13.2. The molecule has 1 N–H and O–H groups in total. The first-order valence-corrected chi connectivity index (χ1v) is 6.65. The van der Waals surface area contributed by atoms with Crippen LogP contribution in [0.2, 0.25) is 0 Å². The Morgan fingerprint density at radius 3 is 2.80 bits per heavy atom. The third-order valence-corrected chi connectivity index (χ3v) is 3.08. The monoisotopic (exact) mass is 278 g/mol. The molecule has 1 unspecified atom stereocenters. The predicted molar refractivity (Wildman–Crippen MR) is 74.0 cm³/mol. The molecule has 1 aromatic heterocycles. The van der Waals surface area contributed by atoms with Crippen LogP contribution in [-0.4, -0.2) is 14.9 Å². The molecule has 0 spiro atoms. The van der Waals surface area contributed by atoms with Crippen LogP contribution in [0.25, 0.3) is 0 Å². The number of ether oxygens (including phenoxy) is 1. The van der Waals surface area contributed by atoms with E-state index in [1.54, 1.807) is 6.92 Å². The zero-order valence-corrected chi connectivity index (χ0v) is 11.9. The van der Waals surface area contributed by atoms with Gasteiger partial charge in [0.1, 0.15) is 18.2 Å². The Hall–Kier alpha value is -1.88. The second kappa shape index (κ2) is 6.05. The molecule has 2 rings (SSSR count). The van der Waals surface area contributed by atoms with Crippen molar-refractivity contribution in [1.29, 1.82) is 0 Å². The van der Waals surface area contributed by atoms with Crippen molar-refractivity contribution in [1.82, 2.24) is 9.78 Å². The third-order valence-electron chi connectivity index (χ3n) is 3.08. The van der Waals surface area contributed by atoms with Crippen molar-refractivity contribution in [3.05, 3.63) is 47.0 Å². The number of aliphatic hydroxyl groups is 1. The van der Waals surface area contributed by atoms with E-state index in [0.717, 1.165) is 17.9 Å². The maximum absolute atomic E-state index is 13.2. The van der Waals surface area contributed by atoms with Gasteiger partial charge in [0.25, 0.3) is 0 Å². The summed E-state index contributed by atoms with van der Waals surface area (Å²) in [6, 6.07) is 6.11. The average Bonchev–Trinajstić information content (AvgIpc) is 2.77. The zero-order chi connectivity index (χ0) is 14.7. The van der Waals surface area contributed by atoms with Crippen LogP contribution in [-0.2, 0) is 13.2 Å². The smallest absolute Gasteiger partial charge is 0.130 e. The summed E-state index contributed by atoms with van der Waals surface area (Å²) in [6.45, 7) is 6.62. The topological polar surface area (TPSA) is 47.3 Å². The standard InChI is InChI=1S/C15H19FN2O2/c1-4-18-13(7-10(2)17-18)9-20-15-6-5-12(16)8-14(15)11(3)19/h5-8,11,19H,4,9H2,1-3H3. The van der Waals surface area contributed by atoms with Crippen LogP contribution >= 0.6 is 0 Å². The lowest BCUT2D eigenvalue weighted by Crippen LogP contribution is -2.07. The number of rotatable bonds is 5. The van der Waals surface area contributed by atoms with E-state index in [-0.39, 0.29) is 5.82 Å². The lowest BCUT2D eigenvalue weighted by Gasteiger charge is -2.14. The van der Waals surface area contributed by atoms with Gasteiger partial charge in [-0.2, -0.15) is 5.10 Å². The summed E-state index contributed by atoms with van der Waals surface area (Å²) in [5.74, 6) is 0.102. The second-order valence-electron chi connectivity index (χ2n) is 4.74. The van der Waals surface area contributed by atoms with Crippen molar-refractivity contribution in [2.24, 2.45) is 0 Å². The molecule has 0 saturated carbocycles. The predicted octanol–water partition coefficient (Wildman–Crippen LogP) is 2.98. The number of aromatic nitrogens is 2. The Labute approximate surface area is 117 Å². The van der Waals surface area contributed by atoms with Crippen molar-refractivity contribution in [2.45, 2.75) is 40.0 Å². The minimum Gasteiger partial charge on any atom is -0.487 e. The molecule has 0 saturated heterocycles. The molecule has 0 amide bonds. The molecule has 1 atom stereocenters. The molecule has 1 aromatic carbocycles. The van der Waals surface area contributed by atoms with E-state index in [0.29, 0.717) is 17.9 Å². The summed E-state index contributed by atoms with van der Waals surface area (Å²) >= 11 is 0. The van der Waals surface area contributed by atoms with Crippen LogP contribution in [0.1, 0.15) is 36.9 Å². The van der Waals surface area contributed by atoms with Gasteiger partial charge in [0.2, 0.25) is 0 Å². The van der Waals surface area contributed by atoms with E-state index in [4.69, 9.17) is 4.74 Å². The normalized spacial score (nSPS) is 12.4. The van der Waals surface area contributed by atoms with Gasteiger partial charge >= 0.3 is 0 Å². The van der Waals surface area contributed by atoms with Gasteiger partial charge in [0.05, 0.1) is 17.5 Å². The van der Waals surface area contributed by atoms with Crippen LogP contribution in [0.15, 0.2) is 24.3 Å². The van der Waals surface area contributed by atoms with Crippen LogP contribution in [0.5, 0.6) is 5.75 Å². The SMILES string of the molecule is CCn1nc(C)cc1COc1ccc(F)cc1C(C)O. The molecular weight excluding hydrogens is 259 g/mol. The quantitative estimate of drug-likeness (QED) is 0.914. The highest BCUT2D eigenvalue weighted by molar-refractivity contribution is 5.35. The zero-order valence-electron chi connectivity index (χ0n) is 11.9. The first-order chi connectivity index (χ1) is 9.51. The van der Waals surface area contributed by atoms with Crippen LogP contribution in [0.3, 0.4) is 0 Å². The number of hydrogen-bond donors (Lipinski definition) is 1.